The normalized spacial score (nSPS) is 20.8. The molecule has 4 atom stereocenters. The molecule has 4 aromatic rings. The zero-order valence-electron chi connectivity index (χ0n) is 30.3. The van der Waals surface area contributed by atoms with Gasteiger partial charge in [-0.1, -0.05) is 91.9 Å². The monoisotopic (exact) mass is 717 g/mol. The Hall–Kier alpha value is -5.03. The van der Waals surface area contributed by atoms with Crippen LogP contribution in [0.4, 0.5) is 17.1 Å². The molecule has 0 saturated carbocycles. The van der Waals surface area contributed by atoms with Crippen molar-refractivity contribution in [2.75, 3.05) is 36.6 Å². The molecule has 1 spiro atoms. The number of para-hydroxylation sites is 1. The van der Waals surface area contributed by atoms with Crippen LogP contribution in [0.3, 0.4) is 0 Å². The molecule has 10 heteroatoms. The van der Waals surface area contributed by atoms with Gasteiger partial charge in [-0.15, -0.1) is 6.58 Å². The molecule has 1 N–H and O–H groups in total. The van der Waals surface area contributed by atoms with Crippen LogP contribution in [0, 0.1) is 5.92 Å². The number of fused-ring (bicyclic) bond motifs is 2. The summed E-state index contributed by atoms with van der Waals surface area (Å²) in [5, 5.41) is 11.1. The van der Waals surface area contributed by atoms with E-state index in [9.17, 15) is 19.5 Å². The lowest BCUT2D eigenvalue weighted by molar-refractivity contribution is -0.149. The molecule has 9 nitrogen and oxygen atoms in total. The summed E-state index contributed by atoms with van der Waals surface area (Å²) < 4.78 is 12.7. The number of rotatable bonds is 14. The van der Waals surface area contributed by atoms with Crippen LogP contribution in [0.25, 0.3) is 0 Å². The van der Waals surface area contributed by atoms with E-state index < -0.39 is 19.8 Å². The molecule has 0 bridgehead atoms. The van der Waals surface area contributed by atoms with E-state index in [1.54, 1.807) is 27.9 Å². The summed E-state index contributed by atoms with van der Waals surface area (Å²) in [7, 11) is -0.902. The van der Waals surface area contributed by atoms with Crippen molar-refractivity contribution in [3.05, 3.63) is 127 Å². The van der Waals surface area contributed by atoms with Crippen molar-refractivity contribution in [1.82, 2.24) is 4.90 Å². The summed E-state index contributed by atoms with van der Waals surface area (Å²) in [5.74, 6) is 0.0292. The molecule has 3 amide bonds. The number of aliphatic hydroxyl groups is 1. The van der Waals surface area contributed by atoms with Gasteiger partial charge < -0.3 is 24.4 Å². The number of hydrogen-bond donors (Lipinski definition) is 1. The van der Waals surface area contributed by atoms with E-state index in [4.69, 9.17) is 9.47 Å². The van der Waals surface area contributed by atoms with Gasteiger partial charge in [0.05, 0.1) is 40.0 Å². The minimum Gasteiger partial charge on any atom is -0.497 e. The fraction of sp³-hybridized carbons (Fsp3) is 0.310. The molecule has 2 aliphatic heterocycles. The lowest BCUT2D eigenvalue weighted by Gasteiger charge is -2.37. The third-order valence-electron chi connectivity index (χ3n) is 10.9. The minimum atomic E-state index is -2.54. The van der Waals surface area contributed by atoms with Crippen LogP contribution in [0.5, 0.6) is 5.75 Å². The van der Waals surface area contributed by atoms with Crippen molar-refractivity contribution < 1.29 is 29.0 Å². The van der Waals surface area contributed by atoms with Crippen LogP contribution in [0.1, 0.15) is 24.5 Å². The maximum atomic E-state index is 14.9. The number of ether oxygens (including phenoxy) is 2. The second-order valence-electron chi connectivity index (χ2n) is 14.1. The fourth-order valence-electron chi connectivity index (χ4n) is 8.34. The number of hydrogen-bond acceptors (Lipinski definition) is 6. The maximum Gasteiger partial charge on any atom is 0.264 e. The summed E-state index contributed by atoms with van der Waals surface area (Å²) in [5.41, 5.74) is 2.00. The summed E-state index contributed by atoms with van der Waals surface area (Å²) in [6, 6.07) is 32.7. The Morgan fingerprint density at radius 1 is 1.00 bits per heavy atom. The first kappa shape index (κ1) is 36.7. The maximum absolute atomic E-state index is 14.9. The molecule has 0 radical (unpaired) electrons. The highest BCUT2D eigenvalue weighted by atomic mass is 28.3. The molecule has 0 aromatic heterocycles. The van der Waals surface area contributed by atoms with Crippen LogP contribution < -0.4 is 19.7 Å². The highest BCUT2D eigenvalue weighted by Gasteiger charge is 2.66. The summed E-state index contributed by atoms with van der Waals surface area (Å²) >= 11 is 0. The Kier molecular flexibility index (Phi) is 10.8. The molecule has 0 aliphatic carbocycles. The summed E-state index contributed by atoms with van der Waals surface area (Å²) in [6.45, 7) is 11.2. The molecule has 1 saturated heterocycles. The van der Waals surface area contributed by atoms with Gasteiger partial charge in [-0.2, -0.15) is 0 Å². The average molecular weight is 718 g/mol. The smallest absolute Gasteiger partial charge is 0.264 e. The van der Waals surface area contributed by atoms with E-state index in [0.29, 0.717) is 29.2 Å². The average Bonchev–Trinajstić information content (AvgIpc) is 3.58. The van der Waals surface area contributed by atoms with Gasteiger partial charge in [-0.05, 0) is 53.6 Å². The van der Waals surface area contributed by atoms with Crippen LogP contribution in [0.2, 0.25) is 18.6 Å². The number of anilines is 3. The SMILES string of the molecule is C=CCN1C(=O)[C@@]2(O[C@@H](CC(=O)N(CCO)Cc3ccccc3)[C@H]([Si](C)(C)c3ccc(OC)cc3)[C@H]2C)c2cc(N(C=O)c3ccccc3)ccc21. The van der Waals surface area contributed by atoms with Crippen molar-refractivity contribution in [1.29, 1.82) is 0 Å². The van der Waals surface area contributed by atoms with Crippen LogP contribution in [0.15, 0.2) is 116 Å². The largest absolute Gasteiger partial charge is 0.497 e. The predicted octanol–water partition coefficient (Wildman–Crippen LogP) is 6.15. The van der Waals surface area contributed by atoms with E-state index in [-0.39, 0.29) is 49.4 Å². The Morgan fingerprint density at radius 3 is 2.29 bits per heavy atom. The zero-order valence-corrected chi connectivity index (χ0v) is 31.3. The van der Waals surface area contributed by atoms with Gasteiger partial charge in [0.15, 0.2) is 5.60 Å². The second kappa shape index (κ2) is 15.3. The van der Waals surface area contributed by atoms with Crippen LogP contribution >= 0.6 is 0 Å². The topological polar surface area (TPSA) is 99.6 Å². The van der Waals surface area contributed by atoms with E-state index in [1.807, 2.05) is 91.0 Å². The number of methoxy groups -OCH3 is 1. The zero-order chi connectivity index (χ0) is 37.0. The highest BCUT2D eigenvalue weighted by molar-refractivity contribution is 6.91. The standard InChI is InChI=1S/C42H47N3O6Si/c1-6-23-44-37-22-17-33(45(29-47)32-15-11-8-12-16-32)26-36(37)42(41(44)49)30(2)40(52(4,5)35-20-18-34(50-3)19-21-35)38(51-42)27-39(48)43(24-25-46)28-31-13-9-7-10-14-31/h6-22,26,29-30,38,40,46H,1,23-25,27-28H2,2-5H3/t30-,38+,40-,42+/m1/s1. The molecule has 6 rings (SSSR count). The molecular weight excluding hydrogens is 671 g/mol. The molecule has 2 aliphatic rings. The first-order valence-corrected chi connectivity index (χ1v) is 20.8. The molecular formula is C42H47N3O6Si. The molecule has 52 heavy (non-hydrogen) atoms. The molecule has 1 fully saturated rings. The Morgan fingerprint density at radius 2 is 1.67 bits per heavy atom. The van der Waals surface area contributed by atoms with Crippen molar-refractivity contribution in [3.8, 4) is 5.75 Å². The van der Waals surface area contributed by atoms with Gasteiger partial charge in [-0.3, -0.25) is 19.3 Å². The van der Waals surface area contributed by atoms with Gasteiger partial charge >= 0.3 is 0 Å². The predicted molar refractivity (Wildman–Crippen MR) is 207 cm³/mol. The summed E-state index contributed by atoms with van der Waals surface area (Å²) in [4.78, 5) is 46.7. The molecule has 4 aromatic carbocycles. The highest BCUT2D eigenvalue weighted by Crippen LogP contribution is 2.60. The fourth-order valence-corrected chi connectivity index (χ4v) is 12.3. The Bertz CT molecular complexity index is 1900. The Labute approximate surface area is 307 Å². The number of benzene rings is 4. The number of carbonyl (C=O) groups is 3. The van der Waals surface area contributed by atoms with Crippen molar-refractivity contribution >= 4 is 48.5 Å². The van der Waals surface area contributed by atoms with Gasteiger partial charge in [0.1, 0.15) is 5.75 Å². The third-order valence-corrected chi connectivity index (χ3v) is 15.2. The minimum absolute atomic E-state index is 0.0322. The van der Waals surface area contributed by atoms with E-state index in [2.05, 4.69) is 38.7 Å². The van der Waals surface area contributed by atoms with E-state index in [1.165, 1.54) is 0 Å². The van der Waals surface area contributed by atoms with Gasteiger partial charge in [0.25, 0.3) is 5.91 Å². The Balaban J connectivity index is 1.47. The van der Waals surface area contributed by atoms with Crippen molar-refractivity contribution in [3.63, 3.8) is 0 Å². The van der Waals surface area contributed by atoms with Gasteiger partial charge in [-0.25, -0.2) is 0 Å². The van der Waals surface area contributed by atoms with Crippen molar-refractivity contribution in [2.24, 2.45) is 5.92 Å². The summed E-state index contributed by atoms with van der Waals surface area (Å²) in [6.07, 6.45) is 1.88. The van der Waals surface area contributed by atoms with Gasteiger partial charge in [0.2, 0.25) is 12.3 Å². The van der Waals surface area contributed by atoms with Gasteiger partial charge in [0, 0.05) is 42.5 Å². The quantitative estimate of drug-likeness (QED) is 0.0955. The number of amides is 3. The van der Waals surface area contributed by atoms with E-state index >= 15 is 0 Å². The third kappa shape index (κ3) is 6.58. The first-order chi connectivity index (χ1) is 25.1. The van der Waals surface area contributed by atoms with E-state index in [0.717, 1.165) is 22.9 Å². The van der Waals surface area contributed by atoms with Crippen molar-refractivity contribution in [2.45, 2.75) is 50.2 Å². The second-order valence-corrected chi connectivity index (χ2v) is 18.8. The number of aliphatic hydroxyl groups excluding tert-OH is 1. The number of nitrogens with zero attached hydrogens (tertiary/aromatic N) is 3. The number of carbonyl (C=O) groups excluding carboxylic acids is 3. The molecule has 0 unspecified atom stereocenters. The lowest BCUT2D eigenvalue weighted by Crippen LogP contribution is -2.52. The lowest BCUT2D eigenvalue weighted by atomic mass is 9.82. The molecule has 270 valence electrons. The van der Waals surface area contributed by atoms with Crippen LogP contribution in [-0.2, 0) is 31.3 Å². The van der Waals surface area contributed by atoms with Crippen LogP contribution in [-0.4, -0.2) is 69.2 Å². The molecule has 2 heterocycles. The first-order valence-electron chi connectivity index (χ1n) is 17.7.